The molecule has 2 N–H and O–H groups in total. The van der Waals surface area contributed by atoms with E-state index >= 15 is 0 Å². The van der Waals surface area contributed by atoms with Crippen LogP contribution in [0.15, 0.2) is 41.1 Å². The minimum Gasteiger partial charge on any atom is -0.504 e. The van der Waals surface area contributed by atoms with Gasteiger partial charge in [0.25, 0.3) is 0 Å². The summed E-state index contributed by atoms with van der Waals surface area (Å²) in [4.78, 5) is 4.12. The van der Waals surface area contributed by atoms with Crippen LogP contribution in [0.5, 0.6) is 11.5 Å². The zero-order valence-corrected chi connectivity index (χ0v) is 11.4. The Bertz CT molecular complexity index is 529. The highest BCUT2D eigenvalue weighted by molar-refractivity contribution is 9.10. The van der Waals surface area contributed by atoms with Gasteiger partial charge in [0.05, 0.1) is 19.0 Å². The topological polar surface area (TPSA) is 54.4 Å². The average molecular weight is 309 g/mol. The summed E-state index contributed by atoms with van der Waals surface area (Å²) in [5, 5.41) is 12.9. The number of rotatable bonds is 4. The Morgan fingerprint density at radius 2 is 2.17 bits per heavy atom. The number of methoxy groups -OCH3 is 1. The van der Waals surface area contributed by atoms with Gasteiger partial charge in [0, 0.05) is 6.54 Å². The first-order valence-electron chi connectivity index (χ1n) is 5.40. The number of nitrogens with one attached hydrogen (secondary N) is 1. The van der Waals surface area contributed by atoms with Crippen molar-refractivity contribution in [3.8, 4) is 11.5 Å². The van der Waals surface area contributed by atoms with E-state index in [-0.39, 0.29) is 5.75 Å². The number of nitrogens with zero attached hydrogens (tertiary/aromatic N) is 1. The van der Waals surface area contributed by atoms with E-state index in [0.717, 1.165) is 15.9 Å². The average Bonchev–Trinajstić information content (AvgIpc) is 2.38. The Labute approximate surface area is 114 Å². The predicted molar refractivity (Wildman–Crippen MR) is 73.9 cm³/mol. The van der Waals surface area contributed by atoms with Crippen LogP contribution in [0.3, 0.4) is 0 Å². The van der Waals surface area contributed by atoms with E-state index in [9.17, 15) is 5.11 Å². The number of benzene rings is 1. The van der Waals surface area contributed by atoms with Gasteiger partial charge < -0.3 is 15.2 Å². The quantitative estimate of drug-likeness (QED) is 0.852. The molecule has 1 aromatic heterocycles. The molecule has 0 spiro atoms. The molecule has 0 saturated carbocycles. The number of hydrogen-bond donors (Lipinski definition) is 2. The number of ether oxygens (including phenoxy) is 1. The Kier molecular flexibility index (Phi) is 4.04. The molecule has 18 heavy (non-hydrogen) atoms. The number of hydrogen-bond acceptors (Lipinski definition) is 4. The summed E-state index contributed by atoms with van der Waals surface area (Å²) in [6, 6.07) is 9.12. The van der Waals surface area contributed by atoms with Crippen molar-refractivity contribution in [2.24, 2.45) is 0 Å². The monoisotopic (exact) mass is 308 g/mol. The molecule has 0 bridgehead atoms. The summed E-state index contributed by atoms with van der Waals surface area (Å²) < 4.78 is 5.79. The minimum absolute atomic E-state index is 0.144. The van der Waals surface area contributed by atoms with Crippen LogP contribution in [0.2, 0.25) is 0 Å². The van der Waals surface area contributed by atoms with Crippen LogP contribution in [-0.2, 0) is 6.54 Å². The molecule has 0 unspecified atom stereocenters. The number of halogens is 1. The number of anilines is 1. The summed E-state index contributed by atoms with van der Waals surface area (Å²) in [5.41, 5.74) is 1.89. The second-order valence-electron chi connectivity index (χ2n) is 3.73. The van der Waals surface area contributed by atoms with Crippen molar-refractivity contribution < 1.29 is 9.84 Å². The van der Waals surface area contributed by atoms with Gasteiger partial charge in [-0.1, -0.05) is 6.07 Å². The molecule has 2 aromatic rings. The van der Waals surface area contributed by atoms with Crippen molar-refractivity contribution in [3.05, 3.63) is 46.7 Å². The van der Waals surface area contributed by atoms with Crippen molar-refractivity contribution in [2.75, 3.05) is 12.4 Å². The van der Waals surface area contributed by atoms with Gasteiger partial charge in [0.2, 0.25) is 0 Å². The maximum absolute atomic E-state index is 9.65. The van der Waals surface area contributed by atoms with Crippen LogP contribution >= 0.6 is 15.9 Å². The molecule has 0 fully saturated rings. The van der Waals surface area contributed by atoms with Gasteiger partial charge in [-0.2, -0.15) is 0 Å². The zero-order valence-electron chi connectivity index (χ0n) is 9.85. The molecular weight excluding hydrogens is 296 g/mol. The van der Waals surface area contributed by atoms with Gasteiger partial charge in [0.15, 0.2) is 11.5 Å². The standard InChI is InChI=1S/C13H13BrN2O2/c1-18-12-4-2-9(6-11(12)17)7-15-10-3-5-13(14)16-8-10/h2-6,8,15,17H,7H2,1H3. The van der Waals surface area contributed by atoms with Crippen molar-refractivity contribution in [2.45, 2.75) is 6.54 Å². The van der Waals surface area contributed by atoms with Gasteiger partial charge in [-0.05, 0) is 45.8 Å². The van der Waals surface area contributed by atoms with E-state index in [0.29, 0.717) is 12.3 Å². The van der Waals surface area contributed by atoms with Crippen LogP contribution in [-0.4, -0.2) is 17.2 Å². The molecule has 0 aliphatic carbocycles. The third-order valence-electron chi connectivity index (χ3n) is 2.47. The fourth-order valence-electron chi connectivity index (χ4n) is 1.53. The highest BCUT2D eigenvalue weighted by atomic mass is 79.9. The summed E-state index contributed by atoms with van der Waals surface area (Å²) >= 11 is 3.28. The molecule has 0 atom stereocenters. The number of aromatic nitrogens is 1. The van der Waals surface area contributed by atoms with E-state index in [1.165, 1.54) is 7.11 Å². The number of aromatic hydroxyl groups is 1. The number of phenolic OH excluding ortho intramolecular Hbond substituents is 1. The lowest BCUT2D eigenvalue weighted by atomic mass is 10.2. The lowest BCUT2D eigenvalue weighted by molar-refractivity contribution is 0.373. The van der Waals surface area contributed by atoms with E-state index in [1.54, 1.807) is 18.3 Å². The molecule has 0 amide bonds. The first-order valence-corrected chi connectivity index (χ1v) is 6.19. The largest absolute Gasteiger partial charge is 0.504 e. The Morgan fingerprint density at radius 3 is 2.78 bits per heavy atom. The molecule has 0 aliphatic rings. The molecule has 94 valence electrons. The van der Waals surface area contributed by atoms with Gasteiger partial charge in [-0.15, -0.1) is 0 Å². The maximum Gasteiger partial charge on any atom is 0.160 e. The molecule has 4 nitrogen and oxygen atoms in total. The summed E-state index contributed by atoms with van der Waals surface area (Å²) in [7, 11) is 1.53. The molecule has 5 heteroatoms. The van der Waals surface area contributed by atoms with Crippen LogP contribution in [0.4, 0.5) is 5.69 Å². The maximum atomic E-state index is 9.65. The van der Waals surface area contributed by atoms with E-state index < -0.39 is 0 Å². The van der Waals surface area contributed by atoms with Crippen molar-refractivity contribution in [1.82, 2.24) is 4.98 Å². The second kappa shape index (κ2) is 5.73. The Hall–Kier alpha value is -1.75. The van der Waals surface area contributed by atoms with E-state index in [2.05, 4.69) is 26.2 Å². The molecule has 0 saturated heterocycles. The minimum atomic E-state index is 0.144. The van der Waals surface area contributed by atoms with Gasteiger partial charge >= 0.3 is 0 Å². The Morgan fingerprint density at radius 1 is 1.33 bits per heavy atom. The SMILES string of the molecule is COc1ccc(CNc2ccc(Br)nc2)cc1O. The lowest BCUT2D eigenvalue weighted by Crippen LogP contribution is -1.99. The van der Waals surface area contributed by atoms with Crippen LogP contribution in [0, 0.1) is 0 Å². The molecular formula is C13H13BrN2O2. The third kappa shape index (κ3) is 3.13. The van der Waals surface area contributed by atoms with Gasteiger partial charge in [-0.25, -0.2) is 4.98 Å². The summed E-state index contributed by atoms with van der Waals surface area (Å²) in [5.74, 6) is 0.620. The predicted octanol–water partition coefficient (Wildman–Crippen LogP) is 3.17. The second-order valence-corrected chi connectivity index (χ2v) is 4.54. The lowest BCUT2D eigenvalue weighted by Gasteiger charge is -2.08. The normalized spacial score (nSPS) is 10.1. The number of phenols is 1. The molecule has 2 rings (SSSR count). The van der Waals surface area contributed by atoms with E-state index in [1.807, 2.05) is 18.2 Å². The third-order valence-corrected chi connectivity index (χ3v) is 2.94. The summed E-state index contributed by atoms with van der Waals surface area (Å²) in [6.45, 7) is 0.612. The van der Waals surface area contributed by atoms with Crippen molar-refractivity contribution >= 4 is 21.6 Å². The van der Waals surface area contributed by atoms with Crippen LogP contribution in [0.1, 0.15) is 5.56 Å². The first-order chi connectivity index (χ1) is 8.69. The first kappa shape index (κ1) is 12.7. The summed E-state index contributed by atoms with van der Waals surface area (Å²) in [6.07, 6.45) is 1.74. The highest BCUT2D eigenvalue weighted by Gasteiger charge is 2.02. The molecule has 0 aliphatic heterocycles. The van der Waals surface area contributed by atoms with Gasteiger partial charge in [-0.3, -0.25) is 0 Å². The highest BCUT2D eigenvalue weighted by Crippen LogP contribution is 2.26. The van der Waals surface area contributed by atoms with Gasteiger partial charge in [0.1, 0.15) is 4.60 Å². The fourth-order valence-corrected chi connectivity index (χ4v) is 1.76. The Balaban J connectivity index is 2.02. The molecule has 0 radical (unpaired) electrons. The van der Waals surface area contributed by atoms with Crippen LogP contribution < -0.4 is 10.1 Å². The number of pyridine rings is 1. The fraction of sp³-hybridized carbons (Fsp3) is 0.154. The van der Waals surface area contributed by atoms with E-state index in [4.69, 9.17) is 4.74 Å². The van der Waals surface area contributed by atoms with Crippen LogP contribution in [0.25, 0.3) is 0 Å². The smallest absolute Gasteiger partial charge is 0.160 e. The van der Waals surface area contributed by atoms with Crippen molar-refractivity contribution in [1.29, 1.82) is 0 Å². The molecule has 1 aromatic carbocycles. The van der Waals surface area contributed by atoms with Crippen molar-refractivity contribution in [3.63, 3.8) is 0 Å². The molecule has 1 heterocycles. The zero-order chi connectivity index (χ0) is 13.0.